The highest BCUT2D eigenvalue weighted by atomic mass is 16.2. The van der Waals surface area contributed by atoms with Gasteiger partial charge in [0.25, 0.3) is 11.8 Å². The van der Waals surface area contributed by atoms with Gasteiger partial charge in [-0.2, -0.15) is 0 Å². The summed E-state index contributed by atoms with van der Waals surface area (Å²) in [5.41, 5.74) is 3.82. The number of hydrogen-bond donors (Lipinski definition) is 2. The smallest absolute Gasteiger partial charge is 0.255 e. The van der Waals surface area contributed by atoms with Crippen molar-refractivity contribution in [1.82, 2.24) is 20.6 Å². The molecule has 0 aliphatic rings. The van der Waals surface area contributed by atoms with Gasteiger partial charge in [-0.3, -0.25) is 19.6 Å². The molecule has 0 spiro atoms. The molecule has 2 aromatic heterocycles. The van der Waals surface area contributed by atoms with Crippen molar-refractivity contribution in [2.45, 2.75) is 0 Å². The highest BCUT2D eigenvalue weighted by Crippen LogP contribution is 2.17. The van der Waals surface area contributed by atoms with Crippen LogP contribution >= 0.6 is 0 Å². The third-order valence-electron chi connectivity index (χ3n) is 4.89. The maximum atomic E-state index is 12.5. The topological polar surface area (TPSA) is 84.0 Å². The standard InChI is InChI=1S/C28H22N4O2/c33-27(31-15-11-21-7-3-1-4-8-21)23-13-17-29-25(19-23)26-20-24(14-18-30-26)28(34)32-16-12-22-9-5-2-6-10-22/h1-20H,(H,31,33)(H,32,34)/b15-11+,16-12+. The summed E-state index contributed by atoms with van der Waals surface area (Å²) < 4.78 is 0. The van der Waals surface area contributed by atoms with Crippen molar-refractivity contribution in [3.63, 3.8) is 0 Å². The summed E-state index contributed by atoms with van der Waals surface area (Å²) in [6.45, 7) is 0. The third kappa shape index (κ3) is 6.11. The van der Waals surface area contributed by atoms with Gasteiger partial charge in [-0.05, 0) is 47.5 Å². The molecule has 2 aromatic carbocycles. The summed E-state index contributed by atoms with van der Waals surface area (Å²) in [6.07, 6.45) is 9.92. The molecule has 0 unspecified atom stereocenters. The van der Waals surface area contributed by atoms with E-state index in [1.165, 1.54) is 0 Å². The Bertz CT molecular complexity index is 1230. The second-order valence-corrected chi connectivity index (χ2v) is 7.29. The van der Waals surface area contributed by atoms with Gasteiger partial charge in [0.15, 0.2) is 0 Å². The molecule has 0 aliphatic carbocycles. The molecule has 34 heavy (non-hydrogen) atoms. The molecule has 0 radical (unpaired) electrons. The summed E-state index contributed by atoms with van der Waals surface area (Å²) in [5.74, 6) is -0.536. The minimum atomic E-state index is -0.268. The van der Waals surface area contributed by atoms with Crippen LogP contribution < -0.4 is 10.6 Å². The maximum absolute atomic E-state index is 12.5. The molecule has 166 valence electrons. The fraction of sp³-hybridized carbons (Fsp3) is 0. The Hall–Kier alpha value is -4.84. The number of nitrogens with zero attached hydrogens (tertiary/aromatic N) is 2. The lowest BCUT2D eigenvalue weighted by Gasteiger charge is -2.06. The Labute approximate surface area is 197 Å². The zero-order valence-corrected chi connectivity index (χ0v) is 18.3. The molecule has 0 saturated heterocycles. The lowest BCUT2D eigenvalue weighted by Crippen LogP contribution is -2.17. The summed E-state index contributed by atoms with van der Waals surface area (Å²) >= 11 is 0. The van der Waals surface area contributed by atoms with Crippen molar-refractivity contribution in [3.05, 3.63) is 132 Å². The lowest BCUT2D eigenvalue weighted by atomic mass is 10.1. The molecular weight excluding hydrogens is 424 g/mol. The van der Waals surface area contributed by atoms with Crippen LogP contribution in [0.4, 0.5) is 0 Å². The number of nitrogens with one attached hydrogen (secondary N) is 2. The predicted molar refractivity (Wildman–Crippen MR) is 133 cm³/mol. The van der Waals surface area contributed by atoms with Crippen LogP contribution in [-0.2, 0) is 0 Å². The summed E-state index contributed by atoms with van der Waals surface area (Å²) in [7, 11) is 0. The Morgan fingerprint density at radius 2 is 1.00 bits per heavy atom. The molecule has 2 heterocycles. The molecule has 0 atom stereocenters. The summed E-state index contributed by atoms with van der Waals surface area (Å²) in [5, 5.41) is 5.51. The number of carbonyl (C=O) groups is 2. The van der Waals surface area contributed by atoms with Crippen LogP contribution in [0.1, 0.15) is 31.8 Å². The van der Waals surface area contributed by atoms with Crippen LogP contribution in [0.2, 0.25) is 0 Å². The molecule has 0 saturated carbocycles. The van der Waals surface area contributed by atoms with Crippen LogP contribution in [0, 0.1) is 0 Å². The van der Waals surface area contributed by atoms with Crippen molar-refractivity contribution in [1.29, 1.82) is 0 Å². The van der Waals surface area contributed by atoms with E-state index >= 15 is 0 Å². The molecule has 2 amide bonds. The van der Waals surface area contributed by atoms with Crippen LogP contribution in [-0.4, -0.2) is 21.8 Å². The predicted octanol–water partition coefficient (Wildman–Crippen LogP) is 4.95. The molecular formula is C28H22N4O2. The van der Waals surface area contributed by atoms with Gasteiger partial charge >= 0.3 is 0 Å². The quantitative estimate of drug-likeness (QED) is 0.421. The molecule has 4 rings (SSSR count). The number of hydrogen-bond acceptors (Lipinski definition) is 4. The van der Waals surface area contributed by atoms with Crippen molar-refractivity contribution in [2.24, 2.45) is 0 Å². The third-order valence-corrected chi connectivity index (χ3v) is 4.89. The van der Waals surface area contributed by atoms with Crippen LogP contribution in [0.3, 0.4) is 0 Å². The average Bonchev–Trinajstić information content (AvgIpc) is 2.90. The zero-order chi connectivity index (χ0) is 23.6. The van der Waals surface area contributed by atoms with Gasteiger partial charge < -0.3 is 10.6 Å². The van der Waals surface area contributed by atoms with Crippen molar-refractivity contribution in [3.8, 4) is 11.4 Å². The maximum Gasteiger partial charge on any atom is 0.255 e. The molecule has 0 fully saturated rings. The van der Waals surface area contributed by atoms with Crippen molar-refractivity contribution >= 4 is 24.0 Å². The minimum Gasteiger partial charge on any atom is -0.329 e. The van der Waals surface area contributed by atoms with Gasteiger partial charge in [0.05, 0.1) is 11.4 Å². The molecule has 0 aliphatic heterocycles. The molecule has 0 bridgehead atoms. The highest BCUT2D eigenvalue weighted by Gasteiger charge is 2.10. The monoisotopic (exact) mass is 446 g/mol. The largest absolute Gasteiger partial charge is 0.329 e. The summed E-state index contributed by atoms with van der Waals surface area (Å²) in [4.78, 5) is 33.7. The number of amides is 2. The van der Waals surface area contributed by atoms with Gasteiger partial charge in [0.2, 0.25) is 0 Å². The van der Waals surface area contributed by atoms with Crippen molar-refractivity contribution in [2.75, 3.05) is 0 Å². The van der Waals surface area contributed by atoms with E-state index in [9.17, 15) is 9.59 Å². The van der Waals surface area contributed by atoms with Crippen molar-refractivity contribution < 1.29 is 9.59 Å². The normalized spacial score (nSPS) is 10.9. The molecule has 6 nitrogen and oxygen atoms in total. The molecule has 6 heteroatoms. The Morgan fingerprint density at radius 3 is 1.41 bits per heavy atom. The second kappa shape index (κ2) is 11.2. The van der Waals surface area contributed by atoms with Gasteiger partial charge in [-0.1, -0.05) is 60.7 Å². The first-order valence-electron chi connectivity index (χ1n) is 10.7. The first-order chi connectivity index (χ1) is 16.7. The van der Waals surface area contributed by atoms with Crippen LogP contribution in [0.15, 0.2) is 110 Å². The van der Waals surface area contributed by atoms with E-state index in [0.717, 1.165) is 11.1 Å². The number of pyridine rings is 2. The van der Waals surface area contributed by atoms with Crippen LogP contribution in [0.5, 0.6) is 0 Å². The Balaban J connectivity index is 1.43. The van der Waals surface area contributed by atoms with Gasteiger partial charge in [-0.15, -0.1) is 0 Å². The average molecular weight is 447 g/mol. The number of carbonyl (C=O) groups excluding carboxylic acids is 2. The second-order valence-electron chi connectivity index (χ2n) is 7.29. The SMILES string of the molecule is O=C(N/C=C/c1ccccc1)c1ccnc(-c2cc(C(=O)N/C=C/c3ccccc3)ccn2)c1. The number of rotatable bonds is 7. The summed E-state index contributed by atoms with van der Waals surface area (Å²) in [6, 6.07) is 25.9. The minimum absolute atomic E-state index is 0.268. The van der Waals surface area contributed by atoms with E-state index in [-0.39, 0.29) is 11.8 Å². The highest BCUT2D eigenvalue weighted by molar-refractivity contribution is 5.97. The van der Waals surface area contributed by atoms with E-state index in [0.29, 0.717) is 22.5 Å². The first-order valence-corrected chi connectivity index (χ1v) is 10.7. The number of benzene rings is 2. The van der Waals surface area contributed by atoms with Gasteiger partial charge in [0, 0.05) is 35.9 Å². The molecule has 2 N–H and O–H groups in total. The number of aromatic nitrogens is 2. The Morgan fingerprint density at radius 1 is 0.588 bits per heavy atom. The van der Waals surface area contributed by atoms with E-state index in [1.807, 2.05) is 72.8 Å². The van der Waals surface area contributed by atoms with E-state index in [4.69, 9.17) is 0 Å². The van der Waals surface area contributed by atoms with E-state index in [1.54, 1.807) is 49.1 Å². The van der Waals surface area contributed by atoms with E-state index < -0.39 is 0 Å². The zero-order valence-electron chi connectivity index (χ0n) is 18.3. The van der Waals surface area contributed by atoms with Gasteiger partial charge in [0.1, 0.15) is 0 Å². The fourth-order valence-corrected chi connectivity index (χ4v) is 3.15. The fourth-order valence-electron chi connectivity index (χ4n) is 3.15. The molecule has 4 aromatic rings. The van der Waals surface area contributed by atoms with E-state index in [2.05, 4.69) is 20.6 Å². The first kappa shape index (κ1) is 22.4. The Kier molecular flexibility index (Phi) is 7.33. The lowest BCUT2D eigenvalue weighted by molar-refractivity contribution is 0.0962. The van der Waals surface area contributed by atoms with Gasteiger partial charge in [-0.25, -0.2) is 0 Å². The van der Waals surface area contributed by atoms with Crippen LogP contribution in [0.25, 0.3) is 23.5 Å².